The van der Waals surface area contributed by atoms with E-state index in [9.17, 15) is 14.0 Å². The molecule has 0 N–H and O–H groups in total. The highest BCUT2D eigenvalue weighted by Gasteiger charge is 2.63. The van der Waals surface area contributed by atoms with Crippen LogP contribution < -0.4 is 0 Å². The quantitative estimate of drug-likeness (QED) is 0.655. The molecule has 0 aromatic carbocycles. The molecule has 0 heterocycles. The molecule has 3 nitrogen and oxygen atoms in total. The lowest BCUT2D eigenvalue weighted by Crippen LogP contribution is -2.54. The van der Waals surface area contributed by atoms with Crippen molar-refractivity contribution in [2.24, 2.45) is 34.5 Å². The first-order chi connectivity index (χ1) is 12.7. The molecule has 0 amide bonds. The van der Waals surface area contributed by atoms with Crippen molar-refractivity contribution in [2.75, 3.05) is 7.11 Å². The molecule has 0 aliphatic heterocycles. The fourth-order valence-corrected chi connectivity index (χ4v) is 7.01. The van der Waals surface area contributed by atoms with Crippen molar-refractivity contribution in [3.63, 3.8) is 0 Å². The van der Waals surface area contributed by atoms with Crippen molar-refractivity contribution >= 4 is 11.6 Å². The summed E-state index contributed by atoms with van der Waals surface area (Å²) in [5.74, 6) is 1.24. The maximum Gasteiger partial charge on any atom is 0.220 e. The Hall–Kier alpha value is -1.71. The van der Waals surface area contributed by atoms with Crippen molar-refractivity contribution < 1.29 is 18.7 Å². The molecule has 4 aliphatic rings. The number of rotatable bonds is 1. The van der Waals surface area contributed by atoms with Gasteiger partial charge in [0.2, 0.25) is 5.78 Å². The molecular weight excluding hydrogens is 343 g/mol. The molecule has 0 saturated heterocycles. The summed E-state index contributed by atoms with van der Waals surface area (Å²) in [6.45, 7) is 8.32. The molecule has 0 aromatic rings. The number of fused-ring (bicyclic) bond motifs is 5. The normalized spacial score (nSPS) is 45.4. The monoisotopic (exact) mass is 372 g/mol. The van der Waals surface area contributed by atoms with Gasteiger partial charge in [-0.05, 0) is 61.5 Å². The van der Waals surface area contributed by atoms with E-state index in [1.165, 1.54) is 7.11 Å². The van der Waals surface area contributed by atoms with Crippen molar-refractivity contribution in [1.82, 2.24) is 0 Å². The molecule has 3 saturated carbocycles. The molecular formula is C23H29FO3. The molecule has 27 heavy (non-hydrogen) atoms. The highest BCUT2D eigenvalue weighted by molar-refractivity contribution is 6.06. The van der Waals surface area contributed by atoms with Gasteiger partial charge in [0.15, 0.2) is 5.76 Å². The lowest BCUT2D eigenvalue weighted by atomic mass is 9.44. The summed E-state index contributed by atoms with van der Waals surface area (Å²) in [7, 11) is 1.50. The first kappa shape index (κ1) is 18.6. The predicted molar refractivity (Wildman–Crippen MR) is 101 cm³/mol. The van der Waals surface area contributed by atoms with Crippen LogP contribution in [0.4, 0.5) is 4.39 Å². The van der Waals surface area contributed by atoms with Crippen LogP contribution in [0, 0.1) is 34.5 Å². The lowest BCUT2D eigenvalue weighted by Gasteiger charge is -2.59. The first-order valence-electron chi connectivity index (χ1n) is 10.1. The summed E-state index contributed by atoms with van der Waals surface area (Å²) in [6, 6.07) is 0. The standard InChI is InChI=1S/C23H29FO3/c1-12-10-17(25)21(27-5)20-14(11-24)13(2)19-15-6-7-18(26)22(15,3)9-8-16(19)23(12,20)4/h10-11,13,15-16,19H,6-9H2,1-5H3/t13-,15+,16+,19+,22+,23-/m1/s1. The largest absolute Gasteiger partial charge is 0.492 e. The zero-order valence-corrected chi connectivity index (χ0v) is 16.9. The number of hydrogen-bond acceptors (Lipinski definition) is 3. The van der Waals surface area contributed by atoms with Gasteiger partial charge in [0, 0.05) is 22.8 Å². The average molecular weight is 372 g/mol. The zero-order valence-electron chi connectivity index (χ0n) is 16.9. The maximum atomic E-state index is 14.3. The number of ether oxygens (including phenoxy) is 1. The van der Waals surface area contributed by atoms with E-state index in [-0.39, 0.29) is 40.6 Å². The van der Waals surface area contributed by atoms with E-state index in [1.807, 2.05) is 6.92 Å². The van der Waals surface area contributed by atoms with E-state index < -0.39 is 5.41 Å². The highest BCUT2D eigenvalue weighted by Crippen LogP contribution is 2.67. The van der Waals surface area contributed by atoms with Crippen molar-refractivity contribution in [1.29, 1.82) is 0 Å². The Morgan fingerprint density at radius 3 is 2.56 bits per heavy atom. The van der Waals surface area contributed by atoms with Crippen molar-refractivity contribution in [3.05, 3.63) is 34.9 Å². The van der Waals surface area contributed by atoms with Crippen LogP contribution >= 0.6 is 0 Å². The highest BCUT2D eigenvalue weighted by atomic mass is 19.1. The number of allylic oxidation sites excluding steroid dienone is 4. The minimum absolute atomic E-state index is 0.0394. The van der Waals surface area contributed by atoms with E-state index in [1.54, 1.807) is 6.08 Å². The lowest BCUT2D eigenvalue weighted by molar-refractivity contribution is -0.132. The maximum absolute atomic E-state index is 14.3. The number of methoxy groups -OCH3 is 1. The predicted octanol–water partition coefficient (Wildman–Crippen LogP) is 4.94. The third-order valence-corrected chi connectivity index (χ3v) is 8.60. The second kappa shape index (κ2) is 5.89. The van der Waals surface area contributed by atoms with Crippen LogP contribution in [-0.2, 0) is 14.3 Å². The fourth-order valence-electron chi connectivity index (χ4n) is 7.01. The Morgan fingerprint density at radius 2 is 1.93 bits per heavy atom. The van der Waals surface area contributed by atoms with Gasteiger partial charge in [-0.25, -0.2) is 4.39 Å². The van der Waals surface area contributed by atoms with Gasteiger partial charge in [-0.3, -0.25) is 9.59 Å². The summed E-state index contributed by atoms with van der Waals surface area (Å²) in [6.07, 6.45) is 5.69. The first-order valence-corrected chi connectivity index (χ1v) is 10.1. The molecule has 146 valence electrons. The molecule has 0 radical (unpaired) electrons. The number of Topliss-reactive ketones (excluding diaryl/α,β-unsaturated/α-hetero) is 1. The SMILES string of the molecule is COC1=C2C(=CF)[C@@H](C)[C@@H]3[C@H](CC[C@]4(C)C(=O)CC[C@@H]34)[C@@]2(C)C(C)=CC1=O. The molecule has 0 spiro atoms. The molecule has 4 aliphatic carbocycles. The van der Waals surface area contributed by atoms with Crippen LogP contribution in [0.3, 0.4) is 0 Å². The zero-order chi connectivity index (χ0) is 19.7. The smallest absolute Gasteiger partial charge is 0.220 e. The number of ketones is 2. The summed E-state index contributed by atoms with van der Waals surface area (Å²) < 4.78 is 19.8. The second-order valence-electron chi connectivity index (χ2n) is 9.36. The Balaban J connectivity index is 1.94. The van der Waals surface area contributed by atoms with Gasteiger partial charge in [0.25, 0.3) is 0 Å². The molecule has 0 aromatic heterocycles. The average Bonchev–Trinajstić information content (AvgIpc) is 2.93. The van der Waals surface area contributed by atoms with Gasteiger partial charge < -0.3 is 4.74 Å². The second-order valence-corrected chi connectivity index (χ2v) is 9.36. The summed E-state index contributed by atoms with van der Waals surface area (Å²) in [4.78, 5) is 25.2. The van der Waals surface area contributed by atoms with E-state index in [4.69, 9.17) is 4.74 Å². The van der Waals surface area contributed by atoms with Gasteiger partial charge in [0.05, 0.1) is 13.4 Å². The van der Waals surface area contributed by atoms with E-state index in [0.29, 0.717) is 24.1 Å². The Morgan fingerprint density at radius 1 is 1.22 bits per heavy atom. The summed E-state index contributed by atoms with van der Waals surface area (Å²) in [5.41, 5.74) is 1.60. The van der Waals surface area contributed by atoms with Gasteiger partial charge in [0.1, 0.15) is 5.78 Å². The summed E-state index contributed by atoms with van der Waals surface area (Å²) >= 11 is 0. The fraction of sp³-hybridized carbons (Fsp3) is 0.652. The van der Waals surface area contributed by atoms with Crippen molar-refractivity contribution in [2.45, 2.75) is 53.4 Å². The molecule has 0 bridgehead atoms. The van der Waals surface area contributed by atoms with Gasteiger partial charge in [-0.1, -0.05) is 26.3 Å². The van der Waals surface area contributed by atoms with Crippen LogP contribution in [0.1, 0.15) is 53.4 Å². The van der Waals surface area contributed by atoms with E-state index in [0.717, 1.165) is 30.4 Å². The third-order valence-electron chi connectivity index (χ3n) is 8.60. The molecule has 4 rings (SSSR count). The van der Waals surface area contributed by atoms with Gasteiger partial charge in [-0.2, -0.15) is 0 Å². The third kappa shape index (κ3) is 2.13. The number of hydrogen-bond donors (Lipinski definition) is 0. The molecule has 4 heteroatoms. The van der Waals surface area contributed by atoms with Crippen LogP contribution in [0.2, 0.25) is 0 Å². The molecule has 0 unspecified atom stereocenters. The van der Waals surface area contributed by atoms with Crippen molar-refractivity contribution in [3.8, 4) is 0 Å². The van der Waals surface area contributed by atoms with Gasteiger partial charge in [-0.15, -0.1) is 0 Å². The topological polar surface area (TPSA) is 43.4 Å². The van der Waals surface area contributed by atoms with E-state index >= 15 is 0 Å². The van der Waals surface area contributed by atoms with Gasteiger partial charge >= 0.3 is 0 Å². The Labute approximate surface area is 160 Å². The van der Waals surface area contributed by atoms with Crippen LogP contribution in [0.15, 0.2) is 34.9 Å². The Bertz CT molecular complexity index is 819. The molecule has 3 fully saturated rings. The minimum atomic E-state index is -0.429. The van der Waals surface area contributed by atoms with Crippen LogP contribution in [0.5, 0.6) is 0 Å². The Kier molecular flexibility index (Phi) is 4.07. The summed E-state index contributed by atoms with van der Waals surface area (Å²) in [5, 5.41) is 0. The minimum Gasteiger partial charge on any atom is -0.492 e. The van der Waals surface area contributed by atoms with Crippen LogP contribution in [-0.4, -0.2) is 18.7 Å². The van der Waals surface area contributed by atoms with E-state index in [2.05, 4.69) is 20.8 Å². The number of halogens is 1. The van der Waals surface area contributed by atoms with Crippen LogP contribution in [0.25, 0.3) is 0 Å². The molecule has 6 atom stereocenters. The number of carbonyl (C=O) groups excluding carboxylic acids is 2. The number of carbonyl (C=O) groups is 2.